The maximum Gasteiger partial charge on any atom is 0.410 e. The Morgan fingerprint density at radius 3 is 2.73 bits per heavy atom. The van der Waals surface area contributed by atoms with E-state index in [2.05, 4.69) is 0 Å². The Morgan fingerprint density at radius 2 is 2.14 bits per heavy atom. The summed E-state index contributed by atoms with van der Waals surface area (Å²) in [5.41, 5.74) is -0.234. The minimum atomic E-state index is -0.997. The van der Waals surface area contributed by atoms with Crippen molar-refractivity contribution >= 4 is 17.7 Å². The molecule has 1 heterocycles. The highest BCUT2D eigenvalue weighted by molar-refractivity contribution is 6.30. The van der Waals surface area contributed by atoms with Crippen molar-refractivity contribution < 1.29 is 19.0 Å². The summed E-state index contributed by atoms with van der Waals surface area (Å²) < 4.78 is 18.8. The molecule has 1 saturated heterocycles. The zero-order valence-electron chi connectivity index (χ0n) is 13.0. The van der Waals surface area contributed by atoms with Gasteiger partial charge in [-0.3, -0.25) is 0 Å². The fourth-order valence-corrected chi connectivity index (χ4v) is 2.87. The Labute approximate surface area is 134 Å². The van der Waals surface area contributed by atoms with Gasteiger partial charge in [-0.2, -0.15) is 0 Å². The Hall–Kier alpha value is -1.33. The number of aliphatic hydroxyl groups excluding tert-OH is 1. The molecular weight excluding hydrogens is 309 g/mol. The maximum absolute atomic E-state index is 13.5. The number of nitrogens with zero attached hydrogens (tertiary/aromatic N) is 1. The van der Waals surface area contributed by atoms with Crippen LogP contribution in [0.4, 0.5) is 9.18 Å². The van der Waals surface area contributed by atoms with Gasteiger partial charge in [0.25, 0.3) is 0 Å². The fraction of sp³-hybridized carbons (Fsp3) is 0.562. The Bertz CT molecular complexity index is 539. The number of carbonyl (C=O) groups is 1. The summed E-state index contributed by atoms with van der Waals surface area (Å²) in [5, 5.41) is 10.7. The Balaban J connectivity index is 2.17. The van der Waals surface area contributed by atoms with Crippen LogP contribution in [0.1, 0.15) is 45.3 Å². The number of hydrogen-bond acceptors (Lipinski definition) is 3. The van der Waals surface area contributed by atoms with Gasteiger partial charge in [-0.1, -0.05) is 11.6 Å². The molecule has 1 aromatic rings. The van der Waals surface area contributed by atoms with Gasteiger partial charge in [-0.25, -0.2) is 9.18 Å². The van der Waals surface area contributed by atoms with Crippen LogP contribution in [0, 0.1) is 5.82 Å². The first-order valence-corrected chi connectivity index (χ1v) is 7.69. The molecule has 0 aromatic heterocycles. The third-order valence-electron chi connectivity index (χ3n) is 3.52. The van der Waals surface area contributed by atoms with Crippen LogP contribution in [0.25, 0.3) is 0 Å². The van der Waals surface area contributed by atoms with Crippen LogP contribution in [-0.4, -0.2) is 34.3 Å². The van der Waals surface area contributed by atoms with Gasteiger partial charge in [0.15, 0.2) is 0 Å². The van der Waals surface area contributed by atoms with Gasteiger partial charge in [0.05, 0.1) is 12.1 Å². The lowest BCUT2D eigenvalue weighted by Crippen LogP contribution is -2.42. The topological polar surface area (TPSA) is 49.8 Å². The van der Waals surface area contributed by atoms with Crippen molar-refractivity contribution in [2.45, 2.75) is 51.4 Å². The minimum absolute atomic E-state index is 0.218. The summed E-state index contributed by atoms with van der Waals surface area (Å²) in [6.45, 7) is 5.88. The van der Waals surface area contributed by atoms with E-state index in [0.29, 0.717) is 18.5 Å². The molecule has 1 fully saturated rings. The number of rotatable bonds is 2. The average Bonchev–Trinajstić information content (AvgIpc) is 2.83. The lowest BCUT2D eigenvalue weighted by atomic mass is 10.0. The molecule has 0 spiro atoms. The predicted molar refractivity (Wildman–Crippen MR) is 82.3 cm³/mol. The van der Waals surface area contributed by atoms with Crippen molar-refractivity contribution in [3.8, 4) is 0 Å². The second-order valence-electron chi connectivity index (χ2n) is 6.53. The van der Waals surface area contributed by atoms with Crippen molar-refractivity contribution in [1.29, 1.82) is 0 Å². The van der Waals surface area contributed by atoms with Crippen LogP contribution in [0.15, 0.2) is 18.2 Å². The maximum atomic E-state index is 13.5. The van der Waals surface area contributed by atoms with Crippen LogP contribution in [0.2, 0.25) is 5.02 Å². The van der Waals surface area contributed by atoms with Crippen molar-refractivity contribution in [1.82, 2.24) is 4.90 Å². The SMILES string of the molecule is CC(C)(C)OC(=O)N1CCC[C@H]1C(O)c1cc(F)cc(Cl)c1. The molecule has 1 N–H and O–H groups in total. The van der Waals surface area contributed by atoms with E-state index in [1.807, 2.05) is 0 Å². The molecule has 22 heavy (non-hydrogen) atoms. The second kappa shape index (κ2) is 6.42. The van der Waals surface area contributed by atoms with Crippen molar-refractivity contribution in [3.05, 3.63) is 34.6 Å². The lowest BCUT2D eigenvalue weighted by molar-refractivity contribution is 0.00487. The molecule has 1 aliphatic heterocycles. The zero-order chi connectivity index (χ0) is 16.5. The lowest BCUT2D eigenvalue weighted by Gasteiger charge is -2.31. The van der Waals surface area contributed by atoms with Gasteiger partial charge in [-0.05, 0) is 57.4 Å². The Morgan fingerprint density at radius 1 is 1.45 bits per heavy atom. The van der Waals surface area contributed by atoms with Crippen molar-refractivity contribution in [3.63, 3.8) is 0 Å². The van der Waals surface area contributed by atoms with Gasteiger partial charge in [-0.15, -0.1) is 0 Å². The highest BCUT2D eigenvalue weighted by atomic mass is 35.5. The van der Waals surface area contributed by atoms with E-state index in [4.69, 9.17) is 16.3 Å². The number of hydrogen-bond donors (Lipinski definition) is 1. The number of likely N-dealkylation sites (tertiary alicyclic amines) is 1. The predicted octanol–water partition coefficient (Wildman–Crippen LogP) is 3.91. The molecule has 1 amide bonds. The van der Waals surface area contributed by atoms with E-state index in [1.54, 1.807) is 20.8 Å². The van der Waals surface area contributed by atoms with E-state index in [9.17, 15) is 14.3 Å². The first-order chi connectivity index (χ1) is 10.2. The van der Waals surface area contributed by atoms with Crippen LogP contribution < -0.4 is 0 Å². The van der Waals surface area contributed by atoms with Gasteiger partial charge in [0.2, 0.25) is 0 Å². The molecule has 2 rings (SSSR count). The molecule has 1 unspecified atom stereocenters. The third kappa shape index (κ3) is 4.11. The standard InChI is InChI=1S/C16H21ClFNO3/c1-16(2,3)22-15(21)19-6-4-5-13(19)14(20)10-7-11(17)9-12(18)8-10/h7-9,13-14,20H,4-6H2,1-3H3/t13-,14?/m0/s1. The molecule has 1 aliphatic rings. The number of aliphatic hydroxyl groups is 1. The summed E-state index contributed by atoms with van der Waals surface area (Å²) in [6.07, 6.45) is -0.0572. The molecule has 122 valence electrons. The number of benzene rings is 1. The molecule has 0 aliphatic carbocycles. The van der Waals surface area contributed by atoms with Crippen LogP contribution >= 0.6 is 11.6 Å². The normalized spacial score (nSPS) is 20.1. The first-order valence-electron chi connectivity index (χ1n) is 7.31. The molecule has 1 aromatic carbocycles. The molecule has 2 atom stereocenters. The average molecular weight is 330 g/mol. The Kier molecular flexibility index (Phi) is 4.97. The van der Waals surface area contributed by atoms with Crippen molar-refractivity contribution in [2.75, 3.05) is 6.54 Å². The molecule has 4 nitrogen and oxygen atoms in total. The third-order valence-corrected chi connectivity index (χ3v) is 3.74. The largest absolute Gasteiger partial charge is 0.444 e. The van der Waals surface area contributed by atoms with Crippen LogP contribution in [-0.2, 0) is 4.74 Å². The summed E-state index contributed by atoms with van der Waals surface area (Å²) in [6, 6.07) is 3.49. The van der Waals surface area contributed by atoms with Gasteiger partial charge < -0.3 is 14.7 Å². The van der Waals surface area contributed by atoms with E-state index in [-0.39, 0.29) is 5.02 Å². The second-order valence-corrected chi connectivity index (χ2v) is 6.97. The monoisotopic (exact) mass is 329 g/mol. The number of carbonyl (C=O) groups excluding carboxylic acids is 1. The molecule has 6 heteroatoms. The van der Waals surface area contributed by atoms with Crippen molar-refractivity contribution in [2.24, 2.45) is 0 Å². The molecular formula is C16H21ClFNO3. The number of amides is 1. The van der Waals surface area contributed by atoms with E-state index in [0.717, 1.165) is 6.42 Å². The first kappa shape index (κ1) is 17.0. The van der Waals surface area contributed by atoms with E-state index >= 15 is 0 Å². The minimum Gasteiger partial charge on any atom is -0.444 e. The van der Waals surface area contributed by atoms with Gasteiger partial charge in [0, 0.05) is 11.6 Å². The van der Waals surface area contributed by atoms with Gasteiger partial charge in [0.1, 0.15) is 11.4 Å². The fourth-order valence-electron chi connectivity index (χ4n) is 2.64. The molecule has 0 radical (unpaired) electrons. The number of ether oxygens (including phenoxy) is 1. The van der Waals surface area contributed by atoms with Crippen LogP contribution in [0.5, 0.6) is 0 Å². The van der Waals surface area contributed by atoms with E-state index in [1.165, 1.54) is 23.1 Å². The molecule has 0 bridgehead atoms. The summed E-state index contributed by atoms with van der Waals surface area (Å²) in [5.74, 6) is -0.511. The highest BCUT2D eigenvalue weighted by Crippen LogP contribution is 2.32. The molecule has 0 saturated carbocycles. The zero-order valence-corrected chi connectivity index (χ0v) is 13.7. The quantitative estimate of drug-likeness (QED) is 0.895. The summed E-state index contributed by atoms with van der Waals surface area (Å²) in [7, 11) is 0. The highest BCUT2D eigenvalue weighted by Gasteiger charge is 2.37. The summed E-state index contributed by atoms with van der Waals surface area (Å²) in [4.78, 5) is 13.7. The van der Waals surface area contributed by atoms with E-state index < -0.39 is 29.7 Å². The van der Waals surface area contributed by atoms with Crippen LogP contribution in [0.3, 0.4) is 0 Å². The van der Waals surface area contributed by atoms with Gasteiger partial charge >= 0.3 is 6.09 Å². The summed E-state index contributed by atoms with van der Waals surface area (Å²) >= 11 is 5.83. The smallest absolute Gasteiger partial charge is 0.410 e. The number of halogens is 2.